The zero-order chi connectivity index (χ0) is 15.2. The van der Waals surface area contributed by atoms with Gasteiger partial charge >= 0.3 is 0 Å². The minimum absolute atomic E-state index is 0.0446. The van der Waals surface area contributed by atoms with Crippen LogP contribution in [-0.4, -0.2) is 17.8 Å². The fourth-order valence-electron chi connectivity index (χ4n) is 2.35. The van der Waals surface area contributed by atoms with Crippen molar-refractivity contribution in [2.75, 3.05) is 6.61 Å². The third-order valence-corrected chi connectivity index (χ3v) is 3.42. The molecule has 0 heterocycles. The standard InChI is InChI=1S/C17H19F2NO/c1-12(14-8-15(18)10-16(19)9-14)20-17(11-21)7-13-5-3-2-4-6-13/h2-6,8-10,12,17,20-21H,7,11H2,1H3. The van der Waals surface area contributed by atoms with Gasteiger partial charge in [-0.3, -0.25) is 0 Å². The van der Waals surface area contributed by atoms with Crippen LogP contribution in [0.2, 0.25) is 0 Å². The Labute approximate surface area is 123 Å². The van der Waals surface area contributed by atoms with Gasteiger partial charge in [-0.15, -0.1) is 0 Å². The molecular weight excluding hydrogens is 272 g/mol. The number of halogens is 2. The smallest absolute Gasteiger partial charge is 0.126 e. The summed E-state index contributed by atoms with van der Waals surface area (Å²) in [5.74, 6) is -1.19. The van der Waals surface area contributed by atoms with Crippen LogP contribution in [-0.2, 0) is 6.42 Å². The van der Waals surface area contributed by atoms with E-state index in [1.807, 2.05) is 37.3 Å². The second kappa shape index (κ2) is 7.29. The predicted molar refractivity (Wildman–Crippen MR) is 78.9 cm³/mol. The largest absolute Gasteiger partial charge is 0.395 e. The van der Waals surface area contributed by atoms with Gasteiger partial charge < -0.3 is 10.4 Å². The first kappa shape index (κ1) is 15.6. The van der Waals surface area contributed by atoms with Crippen molar-refractivity contribution in [1.82, 2.24) is 5.32 Å². The van der Waals surface area contributed by atoms with E-state index in [9.17, 15) is 13.9 Å². The molecule has 0 spiro atoms. The molecule has 2 unspecified atom stereocenters. The SMILES string of the molecule is CC(NC(CO)Cc1ccccc1)c1cc(F)cc(F)c1. The summed E-state index contributed by atoms with van der Waals surface area (Å²) in [4.78, 5) is 0. The van der Waals surface area contributed by atoms with Crippen molar-refractivity contribution >= 4 is 0 Å². The van der Waals surface area contributed by atoms with Crippen molar-refractivity contribution in [2.45, 2.75) is 25.4 Å². The average molecular weight is 291 g/mol. The van der Waals surface area contributed by atoms with Gasteiger partial charge in [0.05, 0.1) is 6.61 Å². The van der Waals surface area contributed by atoms with E-state index in [0.717, 1.165) is 11.6 Å². The Morgan fingerprint density at radius 3 is 2.24 bits per heavy atom. The van der Waals surface area contributed by atoms with Crippen molar-refractivity contribution in [1.29, 1.82) is 0 Å². The lowest BCUT2D eigenvalue weighted by molar-refractivity contribution is 0.232. The molecule has 4 heteroatoms. The second-order valence-electron chi connectivity index (χ2n) is 5.16. The molecule has 0 aliphatic rings. The fraction of sp³-hybridized carbons (Fsp3) is 0.294. The number of hydrogen-bond donors (Lipinski definition) is 2. The molecule has 0 bridgehead atoms. The third-order valence-electron chi connectivity index (χ3n) is 3.42. The molecule has 0 amide bonds. The van der Waals surface area contributed by atoms with Gasteiger partial charge in [0.2, 0.25) is 0 Å². The molecule has 0 fully saturated rings. The molecule has 0 aliphatic heterocycles. The van der Waals surface area contributed by atoms with Crippen LogP contribution < -0.4 is 5.32 Å². The van der Waals surface area contributed by atoms with Gasteiger partial charge in [0.15, 0.2) is 0 Å². The number of nitrogens with one attached hydrogen (secondary N) is 1. The molecular formula is C17H19F2NO. The van der Waals surface area contributed by atoms with Gasteiger partial charge in [0.25, 0.3) is 0 Å². The second-order valence-corrected chi connectivity index (χ2v) is 5.16. The first-order valence-electron chi connectivity index (χ1n) is 6.95. The monoisotopic (exact) mass is 291 g/mol. The molecule has 2 N–H and O–H groups in total. The van der Waals surface area contributed by atoms with Crippen LogP contribution in [0.5, 0.6) is 0 Å². The number of rotatable bonds is 6. The van der Waals surface area contributed by atoms with E-state index >= 15 is 0 Å². The highest BCUT2D eigenvalue weighted by Gasteiger charge is 2.14. The minimum atomic E-state index is -0.595. The van der Waals surface area contributed by atoms with Crippen molar-refractivity contribution in [3.8, 4) is 0 Å². The quantitative estimate of drug-likeness (QED) is 0.856. The van der Waals surface area contributed by atoms with Gasteiger partial charge in [-0.2, -0.15) is 0 Å². The number of benzene rings is 2. The Hall–Kier alpha value is -1.78. The molecule has 0 saturated heterocycles. The van der Waals surface area contributed by atoms with E-state index in [0.29, 0.717) is 12.0 Å². The van der Waals surface area contributed by atoms with Crippen LogP contribution in [0.4, 0.5) is 8.78 Å². The highest BCUT2D eigenvalue weighted by molar-refractivity contribution is 5.21. The lowest BCUT2D eigenvalue weighted by Gasteiger charge is -2.22. The summed E-state index contributed by atoms with van der Waals surface area (Å²) in [6.07, 6.45) is 0.652. The van der Waals surface area contributed by atoms with E-state index in [1.165, 1.54) is 12.1 Å². The first-order valence-corrected chi connectivity index (χ1v) is 6.95. The molecule has 2 aromatic carbocycles. The van der Waals surface area contributed by atoms with Crippen molar-refractivity contribution < 1.29 is 13.9 Å². The van der Waals surface area contributed by atoms with Gasteiger partial charge in [0.1, 0.15) is 11.6 Å². The molecule has 0 aliphatic carbocycles. The van der Waals surface area contributed by atoms with E-state index in [1.54, 1.807) is 0 Å². The van der Waals surface area contributed by atoms with Gasteiger partial charge in [-0.1, -0.05) is 30.3 Å². The highest BCUT2D eigenvalue weighted by atomic mass is 19.1. The summed E-state index contributed by atoms with van der Waals surface area (Å²) in [6, 6.07) is 12.8. The van der Waals surface area contributed by atoms with Crippen LogP contribution in [0.3, 0.4) is 0 Å². The predicted octanol–water partition coefficient (Wildman–Crippen LogP) is 3.22. The maximum Gasteiger partial charge on any atom is 0.126 e. The minimum Gasteiger partial charge on any atom is -0.395 e. The summed E-state index contributed by atoms with van der Waals surface area (Å²) >= 11 is 0. The van der Waals surface area contributed by atoms with Crippen LogP contribution in [0.15, 0.2) is 48.5 Å². The maximum absolute atomic E-state index is 13.2. The normalized spacial score (nSPS) is 13.9. The summed E-state index contributed by atoms with van der Waals surface area (Å²) in [7, 11) is 0. The van der Waals surface area contributed by atoms with E-state index in [2.05, 4.69) is 5.32 Å². The van der Waals surface area contributed by atoms with Crippen LogP contribution in [0.1, 0.15) is 24.1 Å². The Morgan fingerprint density at radius 1 is 1.05 bits per heavy atom. The summed E-state index contributed by atoms with van der Waals surface area (Å²) in [6.45, 7) is 1.78. The van der Waals surface area contributed by atoms with Gasteiger partial charge in [-0.05, 0) is 36.6 Å². The molecule has 21 heavy (non-hydrogen) atoms. The summed E-state index contributed by atoms with van der Waals surface area (Å²) in [5, 5.41) is 12.7. The van der Waals surface area contributed by atoms with Crippen molar-refractivity contribution in [3.05, 3.63) is 71.3 Å². The molecule has 0 aromatic heterocycles. The Morgan fingerprint density at radius 2 is 1.67 bits per heavy atom. The van der Waals surface area contributed by atoms with Crippen molar-refractivity contribution in [2.24, 2.45) is 0 Å². The Bertz CT molecular complexity index is 554. The summed E-state index contributed by atoms with van der Waals surface area (Å²) < 4.78 is 26.5. The molecule has 2 nitrogen and oxygen atoms in total. The fourth-order valence-corrected chi connectivity index (χ4v) is 2.35. The van der Waals surface area contributed by atoms with E-state index in [4.69, 9.17) is 0 Å². The number of hydrogen-bond acceptors (Lipinski definition) is 2. The lowest BCUT2D eigenvalue weighted by atomic mass is 10.0. The van der Waals surface area contributed by atoms with Crippen molar-refractivity contribution in [3.63, 3.8) is 0 Å². The van der Waals surface area contributed by atoms with E-state index in [-0.39, 0.29) is 18.7 Å². The first-order chi connectivity index (χ1) is 10.1. The maximum atomic E-state index is 13.2. The van der Waals surface area contributed by atoms with E-state index < -0.39 is 11.6 Å². The van der Waals surface area contributed by atoms with Crippen LogP contribution >= 0.6 is 0 Å². The van der Waals surface area contributed by atoms with Crippen LogP contribution in [0.25, 0.3) is 0 Å². The molecule has 2 atom stereocenters. The molecule has 112 valence electrons. The number of aliphatic hydroxyl groups is 1. The van der Waals surface area contributed by atoms with Gasteiger partial charge in [0, 0.05) is 18.2 Å². The third kappa shape index (κ3) is 4.62. The Balaban J connectivity index is 2.03. The molecule has 0 saturated carbocycles. The van der Waals surface area contributed by atoms with Crippen LogP contribution in [0, 0.1) is 11.6 Å². The molecule has 2 aromatic rings. The number of aliphatic hydroxyl groups excluding tert-OH is 1. The molecule has 0 radical (unpaired) electrons. The highest BCUT2D eigenvalue weighted by Crippen LogP contribution is 2.17. The average Bonchev–Trinajstić information content (AvgIpc) is 2.46. The zero-order valence-corrected chi connectivity index (χ0v) is 11.9. The molecule has 2 rings (SSSR count). The summed E-state index contributed by atoms with van der Waals surface area (Å²) in [5.41, 5.74) is 1.63. The van der Waals surface area contributed by atoms with Gasteiger partial charge in [-0.25, -0.2) is 8.78 Å². The Kier molecular flexibility index (Phi) is 5.42. The lowest BCUT2D eigenvalue weighted by Crippen LogP contribution is -2.36. The zero-order valence-electron chi connectivity index (χ0n) is 11.9. The topological polar surface area (TPSA) is 32.3 Å².